The van der Waals surface area contributed by atoms with E-state index in [1.54, 1.807) is 26.4 Å². The van der Waals surface area contributed by atoms with Gasteiger partial charge < -0.3 is 18.6 Å². The van der Waals surface area contributed by atoms with Crippen molar-refractivity contribution in [3.8, 4) is 22.6 Å². The molecule has 0 unspecified atom stereocenters. The first-order chi connectivity index (χ1) is 12.6. The van der Waals surface area contributed by atoms with E-state index in [2.05, 4.69) is 0 Å². The molecule has 0 aliphatic heterocycles. The number of benzene rings is 2. The van der Waals surface area contributed by atoms with Crippen LogP contribution in [-0.4, -0.2) is 27.9 Å². The van der Waals surface area contributed by atoms with Gasteiger partial charge in [-0.1, -0.05) is 0 Å². The van der Waals surface area contributed by atoms with Crippen LogP contribution in [0.3, 0.4) is 0 Å². The quantitative estimate of drug-likeness (QED) is 0.627. The van der Waals surface area contributed by atoms with Crippen LogP contribution in [0.15, 0.2) is 45.6 Å². The molecular formula is C20H19FO5. The van der Waals surface area contributed by atoms with E-state index >= 15 is 0 Å². The first kappa shape index (κ1) is 17.9. The molecule has 0 radical (unpaired) electrons. The Labute approximate surface area is 149 Å². The molecule has 0 spiro atoms. The average Bonchev–Trinajstić information content (AvgIpc) is 2.65. The van der Waals surface area contributed by atoms with Gasteiger partial charge in [0.1, 0.15) is 22.9 Å². The van der Waals surface area contributed by atoms with Crippen molar-refractivity contribution in [3.05, 3.63) is 58.2 Å². The molecule has 3 rings (SSSR count). The monoisotopic (exact) mass is 358 g/mol. The Hall–Kier alpha value is -2.86. The molecule has 1 heterocycles. The standard InChI is InChI=1S/C20H19FO5/c1-23-9-8-15-14-7-5-13(24-2)11-18(14)26-20(22)19(15)16-6-4-12(21)10-17(16)25-3/h4-7,10-11H,8-9H2,1-3H3. The van der Waals surface area contributed by atoms with Crippen molar-refractivity contribution < 1.29 is 23.0 Å². The van der Waals surface area contributed by atoms with Gasteiger partial charge in [0.15, 0.2) is 0 Å². The number of fused-ring (bicyclic) bond motifs is 1. The SMILES string of the molecule is COCCc1c(-c2ccc(F)cc2OC)c(=O)oc2cc(OC)ccc12. The van der Waals surface area contributed by atoms with Gasteiger partial charge in [0.25, 0.3) is 0 Å². The van der Waals surface area contributed by atoms with Crippen molar-refractivity contribution in [3.63, 3.8) is 0 Å². The molecule has 0 amide bonds. The number of hydrogen-bond acceptors (Lipinski definition) is 5. The van der Waals surface area contributed by atoms with E-state index in [4.69, 9.17) is 18.6 Å². The molecule has 1 aromatic heterocycles. The molecule has 136 valence electrons. The van der Waals surface area contributed by atoms with Crippen molar-refractivity contribution in [1.82, 2.24) is 0 Å². The van der Waals surface area contributed by atoms with Crippen LogP contribution in [0.1, 0.15) is 5.56 Å². The van der Waals surface area contributed by atoms with Gasteiger partial charge in [-0.2, -0.15) is 0 Å². The zero-order valence-electron chi connectivity index (χ0n) is 14.8. The molecule has 2 aromatic carbocycles. The van der Waals surface area contributed by atoms with E-state index in [1.165, 1.54) is 25.3 Å². The highest BCUT2D eigenvalue weighted by molar-refractivity contribution is 5.89. The second kappa shape index (κ2) is 7.58. The molecule has 0 fully saturated rings. The Kier molecular flexibility index (Phi) is 5.23. The highest BCUT2D eigenvalue weighted by Crippen LogP contribution is 2.35. The minimum Gasteiger partial charge on any atom is -0.497 e. The van der Waals surface area contributed by atoms with Crippen molar-refractivity contribution in [2.24, 2.45) is 0 Å². The number of ether oxygens (including phenoxy) is 3. The van der Waals surface area contributed by atoms with Crippen LogP contribution in [0.4, 0.5) is 4.39 Å². The van der Waals surface area contributed by atoms with Crippen LogP contribution in [0, 0.1) is 5.82 Å². The second-order valence-electron chi connectivity index (χ2n) is 5.69. The third kappa shape index (κ3) is 3.28. The lowest BCUT2D eigenvalue weighted by Crippen LogP contribution is -2.11. The summed E-state index contributed by atoms with van der Waals surface area (Å²) in [6.07, 6.45) is 0.487. The molecule has 0 atom stereocenters. The summed E-state index contributed by atoms with van der Waals surface area (Å²) in [5.74, 6) is 0.410. The van der Waals surface area contributed by atoms with Crippen molar-refractivity contribution >= 4 is 11.0 Å². The van der Waals surface area contributed by atoms with Crippen molar-refractivity contribution in [2.75, 3.05) is 27.9 Å². The van der Waals surface area contributed by atoms with E-state index in [0.29, 0.717) is 35.5 Å². The zero-order chi connectivity index (χ0) is 18.7. The summed E-state index contributed by atoms with van der Waals surface area (Å²) < 4.78 is 34.8. The van der Waals surface area contributed by atoms with Crippen LogP contribution in [0.2, 0.25) is 0 Å². The number of rotatable bonds is 6. The predicted molar refractivity (Wildman–Crippen MR) is 96.6 cm³/mol. The molecule has 0 N–H and O–H groups in total. The van der Waals surface area contributed by atoms with E-state index in [0.717, 1.165) is 10.9 Å². The van der Waals surface area contributed by atoms with Crippen molar-refractivity contribution in [2.45, 2.75) is 6.42 Å². The van der Waals surface area contributed by atoms with E-state index in [9.17, 15) is 9.18 Å². The highest BCUT2D eigenvalue weighted by Gasteiger charge is 2.20. The van der Waals surface area contributed by atoms with Crippen LogP contribution < -0.4 is 15.1 Å². The molecule has 26 heavy (non-hydrogen) atoms. The lowest BCUT2D eigenvalue weighted by molar-refractivity contribution is 0.202. The van der Waals surface area contributed by atoms with Gasteiger partial charge >= 0.3 is 5.63 Å². The van der Waals surface area contributed by atoms with Crippen molar-refractivity contribution in [1.29, 1.82) is 0 Å². The lowest BCUT2D eigenvalue weighted by atomic mass is 9.95. The smallest absolute Gasteiger partial charge is 0.344 e. The predicted octanol–water partition coefficient (Wildman–Crippen LogP) is 3.81. The van der Waals surface area contributed by atoms with E-state index < -0.39 is 11.4 Å². The topological polar surface area (TPSA) is 57.9 Å². The number of methoxy groups -OCH3 is 3. The number of halogens is 1. The Bertz CT molecular complexity index is 993. The zero-order valence-corrected chi connectivity index (χ0v) is 14.8. The molecule has 5 nitrogen and oxygen atoms in total. The fourth-order valence-corrected chi connectivity index (χ4v) is 2.98. The van der Waals surface area contributed by atoms with Gasteiger partial charge in [-0.15, -0.1) is 0 Å². The minimum atomic E-state index is -0.526. The normalized spacial score (nSPS) is 10.9. The molecule has 6 heteroatoms. The van der Waals surface area contributed by atoms with Gasteiger partial charge in [-0.25, -0.2) is 9.18 Å². The minimum absolute atomic E-state index is 0.267. The molecular weight excluding hydrogens is 339 g/mol. The summed E-state index contributed by atoms with van der Waals surface area (Å²) in [4.78, 5) is 12.8. The maximum atomic E-state index is 13.6. The maximum Gasteiger partial charge on any atom is 0.344 e. The summed E-state index contributed by atoms with van der Waals surface area (Å²) in [6, 6.07) is 9.35. The van der Waals surface area contributed by atoms with Gasteiger partial charge in [0.2, 0.25) is 0 Å². The van der Waals surface area contributed by atoms with Crippen LogP contribution in [-0.2, 0) is 11.2 Å². The first-order valence-corrected chi connectivity index (χ1v) is 8.05. The van der Waals surface area contributed by atoms with Crippen LogP contribution >= 0.6 is 0 Å². The molecule has 3 aromatic rings. The summed E-state index contributed by atoms with van der Waals surface area (Å²) in [5.41, 5.74) is 1.47. The molecule has 0 bridgehead atoms. The fourth-order valence-electron chi connectivity index (χ4n) is 2.98. The summed E-state index contributed by atoms with van der Waals surface area (Å²) in [6.45, 7) is 0.418. The highest BCUT2D eigenvalue weighted by atomic mass is 19.1. The molecule has 0 saturated carbocycles. The Balaban J connectivity index is 2.34. The molecule has 0 saturated heterocycles. The van der Waals surface area contributed by atoms with Gasteiger partial charge in [0.05, 0.1) is 26.4 Å². The number of hydrogen-bond donors (Lipinski definition) is 0. The summed E-state index contributed by atoms with van der Waals surface area (Å²) in [7, 11) is 4.57. The second-order valence-corrected chi connectivity index (χ2v) is 5.69. The largest absolute Gasteiger partial charge is 0.497 e. The van der Waals surface area contributed by atoms with Gasteiger partial charge in [0, 0.05) is 30.2 Å². The summed E-state index contributed by atoms with van der Waals surface area (Å²) in [5, 5.41) is 0.767. The Morgan fingerprint density at radius 3 is 2.54 bits per heavy atom. The van der Waals surface area contributed by atoms with Crippen LogP contribution in [0.5, 0.6) is 11.5 Å². The lowest BCUT2D eigenvalue weighted by Gasteiger charge is -2.14. The Morgan fingerprint density at radius 2 is 1.85 bits per heavy atom. The maximum absolute atomic E-state index is 13.6. The third-order valence-electron chi connectivity index (χ3n) is 4.21. The van der Waals surface area contributed by atoms with Gasteiger partial charge in [-0.05, 0) is 36.2 Å². The molecule has 0 aliphatic rings. The summed E-state index contributed by atoms with van der Waals surface area (Å²) >= 11 is 0. The van der Waals surface area contributed by atoms with Crippen LogP contribution in [0.25, 0.3) is 22.1 Å². The average molecular weight is 358 g/mol. The molecule has 0 aliphatic carbocycles. The van der Waals surface area contributed by atoms with E-state index in [-0.39, 0.29) is 5.75 Å². The first-order valence-electron chi connectivity index (χ1n) is 8.05. The third-order valence-corrected chi connectivity index (χ3v) is 4.21. The Morgan fingerprint density at radius 1 is 1.04 bits per heavy atom. The fraction of sp³-hybridized carbons (Fsp3) is 0.250. The van der Waals surface area contributed by atoms with Gasteiger partial charge in [-0.3, -0.25) is 0 Å². The van der Waals surface area contributed by atoms with E-state index in [1.807, 2.05) is 6.07 Å².